The third kappa shape index (κ3) is 6.48. The molecule has 2 rings (SSSR count). The molecule has 9 heteroatoms. The van der Waals surface area contributed by atoms with Crippen molar-refractivity contribution in [3.8, 4) is 0 Å². The van der Waals surface area contributed by atoms with Crippen LogP contribution in [0.15, 0.2) is 15.8 Å². The monoisotopic (exact) mass is 414 g/mol. The zero-order valence-electron chi connectivity index (χ0n) is 18.4. The number of rotatable bonds is 9. The molecule has 0 bridgehead atoms. The number of H-pyrrole nitrogens is 1. The Morgan fingerprint density at radius 3 is 2.48 bits per heavy atom. The molecule has 29 heavy (non-hydrogen) atoms. The Kier molecular flexibility index (Phi) is 8.18. The number of methoxy groups -OCH3 is 1. The third-order valence-corrected chi connectivity index (χ3v) is 4.39. The van der Waals surface area contributed by atoms with E-state index in [9.17, 15) is 9.59 Å². The van der Waals surface area contributed by atoms with E-state index in [1.807, 2.05) is 34.6 Å². The van der Waals surface area contributed by atoms with Crippen molar-refractivity contribution in [2.24, 2.45) is 0 Å². The lowest BCUT2D eigenvalue weighted by atomic mass is 10.1. The van der Waals surface area contributed by atoms with E-state index in [1.165, 1.54) is 10.8 Å². The minimum atomic E-state index is -0.775. The molecule has 0 amide bonds. The number of hydrogen-bond donors (Lipinski definition) is 1. The summed E-state index contributed by atoms with van der Waals surface area (Å²) < 4.78 is 30.7. The molecule has 0 saturated carbocycles. The SMILES string of the molecule is COCCOC1[C@@H](OC(C)(C)C)[C@@H](COC(C)C)O[C@H]1n1cc(C)c(=O)[nH]c1=O. The van der Waals surface area contributed by atoms with E-state index in [1.54, 1.807) is 14.0 Å². The van der Waals surface area contributed by atoms with Crippen molar-refractivity contribution >= 4 is 0 Å². The third-order valence-electron chi connectivity index (χ3n) is 4.39. The molecule has 1 aliphatic heterocycles. The van der Waals surface area contributed by atoms with Gasteiger partial charge in [-0.3, -0.25) is 14.3 Å². The van der Waals surface area contributed by atoms with Crippen molar-refractivity contribution in [1.29, 1.82) is 0 Å². The van der Waals surface area contributed by atoms with Crippen LogP contribution in [0.2, 0.25) is 0 Å². The summed E-state index contributed by atoms with van der Waals surface area (Å²) in [5.74, 6) is 0. The maximum Gasteiger partial charge on any atom is 0.330 e. The van der Waals surface area contributed by atoms with Crippen LogP contribution in [0.1, 0.15) is 46.4 Å². The smallest absolute Gasteiger partial charge is 0.330 e. The van der Waals surface area contributed by atoms with Gasteiger partial charge in [-0.25, -0.2) is 4.79 Å². The highest BCUT2D eigenvalue weighted by Crippen LogP contribution is 2.35. The first kappa shape index (κ1) is 23.8. The van der Waals surface area contributed by atoms with Crippen LogP contribution in [0.25, 0.3) is 0 Å². The lowest BCUT2D eigenvalue weighted by molar-refractivity contribution is -0.139. The Bertz CT molecular complexity index is 765. The van der Waals surface area contributed by atoms with Gasteiger partial charge >= 0.3 is 5.69 Å². The molecule has 166 valence electrons. The van der Waals surface area contributed by atoms with Gasteiger partial charge in [0.25, 0.3) is 5.56 Å². The van der Waals surface area contributed by atoms with E-state index in [2.05, 4.69) is 4.98 Å². The molecule has 4 atom stereocenters. The lowest BCUT2D eigenvalue weighted by Gasteiger charge is -2.31. The number of aryl methyl sites for hydroxylation is 1. The first-order chi connectivity index (χ1) is 13.5. The van der Waals surface area contributed by atoms with Gasteiger partial charge in [-0.2, -0.15) is 0 Å². The Morgan fingerprint density at radius 2 is 1.90 bits per heavy atom. The van der Waals surface area contributed by atoms with Crippen LogP contribution in [0.4, 0.5) is 0 Å². The number of hydrogen-bond acceptors (Lipinski definition) is 7. The molecule has 0 aromatic carbocycles. The van der Waals surface area contributed by atoms with Gasteiger partial charge in [0.05, 0.1) is 31.5 Å². The maximum atomic E-state index is 12.5. The second-order valence-corrected chi connectivity index (χ2v) is 8.45. The molecule has 1 saturated heterocycles. The predicted octanol–water partition coefficient (Wildman–Crippen LogP) is 1.38. The van der Waals surface area contributed by atoms with Gasteiger partial charge in [-0.1, -0.05) is 0 Å². The highest BCUT2D eigenvalue weighted by molar-refractivity contribution is 5.03. The molecule has 0 radical (unpaired) electrons. The van der Waals surface area contributed by atoms with Crippen LogP contribution < -0.4 is 11.2 Å². The summed E-state index contributed by atoms with van der Waals surface area (Å²) in [4.78, 5) is 26.6. The van der Waals surface area contributed by atoms with Crippen molar-refractivity contribution in [2.75, 3.05) is 26.9 Å². The summed E-state index contributed by atoms with van der Waals surface area (Å²) in [6.07, 6.45) is -0.795. The van der Waals surface area contributed by atoms with Gasteiger partial charge in [0.2, 0.25) is 0 Å². The molecule has 1 aliphatic rings. The molecular formula is C20H34N2O7. The van der Waals surface area contributed by atoms with Crippen molar-refractivity contribution < 1.29 is 23.7 Å². The van der Waals surface area contributed by atoms with E-state index < -0.39 is 41.4 Å². The largest absolute Gasteiger partial charge is 0.382 e. The molecule has 1 N–H and O–H groups in total. The molecule has 9 nitrogen and oxygen atoms in total. The fourth-order valence-corrected chi connectivity index (χ4v) is 3.12. The summed E-state index contributed by atoms with van der Waals surface area (Å²) in [6.45, 7) is 12.3. The summed E-state index contributed by atoms with van der Waals surface area (Å²) in [5.41, 5.74) is -1.05. The number of aromatic amines is 1. The Labute approximate surface area is 171 Å². The summed E-state index contributed by atoms with van der Waals surface area (Å²) >= 11 is 0. The number of aromatic nitrogens is 2. The molecule has 0 spiro atoms. The van der Waals surface area contributed by atoms with Crippen LogP contribution >= 0.6 is 0 Å². The van der Waals surface area contributed by atoms with E-state index in [0.29, 0.717) is 18.8 Å². The number of ether oxygens (including phenoxy) is 5. The standard InChI is InChI=1S/C20H34N2O7/c1-12(2)27-11-14-15(29-20(4,5)6)16(26-9-8-25-7)18(28-14)22-10-13(3)17(23)21-19(22)24/h10,12,14-16,18H,8-9,11H2,1-7H3,(H,21,23,24)/t14-,15+,16?,18-/m1/s1. The van der Waals surface area contributed by atoms with Crippen LogP contribution in [0.3, 0.4) is 0 Å². The molecular weight excluding hydrogens is 380 g/mol. The fourth-order valence-electron chi connectivity index (χ4n) is 3.12. The average Bonchev–Trinajstić information content (AvgIpc) is 2.92. The summed E-state index contributed by atoms with van der Waals surface area (Å²) in [6, 6.07) is 0. The average molecular weight is 414 g/mol. The predicted molar refractivity (Wildman–Crippen MR) is 107 cm³/mol. The summed E-state index contributed by atoms with van der Waals surface area (Å²) in [7, 11) is 1.59. The summed E-state index contributed by atoms with van der Waals surface area (Å²) in [5, 5.41) is 0. The topological polar surface area (TPSA) is 101 Å². The number of nitrogens with one attached hydrogen (secondary N) is 1. The highest BCUT2D eigenvalue weighted by atomic mass is 16.6. The van der Waals surface area contributed by atoms with Gasteiger partial charge in [0, 0.05) is 18.9 Å². The first-order valence-electron chi connectivity index (χ1n) is 9.91. The molecule has 0 aliphatic carbocycles. The second-order valence-electron chi connectivity index (χ2n) is 8.45. The van der Waals surface area contributed by atoms with Gasteiger partial charge < -0.3 is 23.7 Å². The Balaban J connectivity index is 2.42. The van der Waals surface area contributed by atoms with Crippen molar-refractivity contribution in [1.82, 2.24) is 9.55 Å². The van der Waals surface area contributed by atoms with Crippen LogP contribution in [-0.4, -0.2) is 66.5 Å². The quantitative estimate of drug-likeness (QED) is 0.609. The van der Waals surface area contributed by atoms with E-state index in [-0.39, 0.29) is 12.7 Å². The Morgan fingerprint density at radius 1 is 1.21 bits per heavy atom. The van der Waals surface area contributed by atoms with Gasteiger partial charge in [0.1, 0.15) is 18.3 Å². The molecule has 1 unspecified atom stereocenters. The molecule has 1 aromatic rings. The van der Waals surface area contributed by atoms with Crippen molar-refractivity contribution in [2.45, 2.75) is 77.8 Å². The van der Waals surface area contributed by atoms with Crippen molar-refractivity contribution in [3.63, 3.8) is 0 Å². The van der Waals surface area contributed by atoms with Gasteiger partial charge in [-0.05, 0) is 41.5 Å². The van der Waals surface area contributed by atoms with Crippen LogP contribution in [0, 0.1) is 6.92 Å². The van der Waals surface area contributed by atoms with E-state index in [0.717, 1.165) is 0 Å². The minimum absolute atomic E-state index is 0.0128. The first-order valence-corrected chi connectivity index (χ1v) is 9.91. The van der Waals surface area contributed by atoms with E-state index >= 15 is 0 Å². The normalized spacial score (nSPS) is 25.1. The highest BCUT2D eigenvalue weighted by Gasteiger charge is 2.49. The zero-order chi connectivity index (χ0) is 21.8. The van der Waals surface area contributed by atoms with Gasteiger partial charge in [0.15, 0.2) is 6.23 Å². The number of nitrogens with zero attached hydrogens (tertiary/aromatic N) is 1. The zero-order valence-corrected chi connectivity index (χ0v) is 18.4. The maximum absolute atomic E-state index is 12.5. The fraction of sp³-hybridized carbons (Fsp3) is 0.800. The molecule has 2 heterocycles. The molecule has 1 fully saturated rings. The van der Waals surface area contributed by atoms with Crippen LogP contribution in [-0.2, 0) is 23.7 Å². The minimum Gasteiger partial charge on any atom is -0.382 e. The van der Waals surface area contributed by atoms with E-state index in [4.69, 9.17) is 23.7 Å². The molecule has 1 aromatic heterocycles. The second kappa shape index (κ2) is 9.99. The van der Waals surface area contributed by atoms with Crippen LogP contribution in [0.5, 0.6) is 0 Å². The lowest BCUT2D eigenvalue weighted by Crippen LogP contribution is -2.44. The van der Waals surface area contributed by atoms with Crippen molar-refractivity contribution in [3.05, 3.63) is 32.6 Å². The Hall–Kier alpha value is -1.52. The van der Waals surface area contributed by atoms with Gasteiger partial charge in [-0.15, -0.1) is 0 Å².